The molecule has 7 aromatic heterocycles. The van der Waals surface area contributed by atoms with E-state index < -0.39 is 34.4 Å². The van der Waals surface area contributed by atoms with Crippen molar-refractivity contribution in [1.29, 1.82) is 5.26 Å². The van der Waals surface area contributed by atoms with Crippen molar-refractivity contribution in [3.63, 3.8) is 0 Å². The molecule has 3 aliphatic rings. The Bertz CT molecular complexity index is 5350. The SMILES string of the molecule is CC1(C)CN(C(=O)Cn2c(=O)c(C(=O)NCc3ccc(Cl)cc3)cc3cc(C#N)cnc32)C1.CC1(C)CN(C(=O)Cn2c(=O)c(C(=O)NCc3ccc(Cl)cc3)cc3cc(C(N)=NO)cnc32)C1.Cc1nc(-c2cnc3c(c2)cc(C(=O)NCc2ccc(Cl)cc2)c(=O)n3CC(=O)N2CC(C)(C)C2)no1. The lowest BCUT2D eigenvalue weighted by molar-refractivity contribution is -0.142. The third-order valence-electron chi connectivity index (χ3n) is 17.6. The van der Waals surface area contributed by atoms with Gasteiger partial charge in [0.25, 0.3) is 34.4 Å². The number of carbonyl (C=O) groups excluding carboxylic acids is 6. The lowest BCUT2D eigenvalue weighted by atomic mass is 9.84. The molecule has 3 saturated heterocycles. The van der Waals surface area contributed by atoms with Crippen molar-refractivity contribution in [2.75, 3.05) is 39.3 Å². The molecule has 3 fully saturated rings. The first-order chi connectivity index (χ1) is 49.8. The Morgan fingerprint density at radius 2 is 0.876 bits per heavy atom. The van der Waals surface area contributed by atoms with Gasteiger partial charge in [-0.1, -0.05) is 123 Å². The van der Waals surface area contributed by atoms with Crippen LogP contribution < -0.4 is 38.4 Å². The number of carbonyl (C=O) groups is 6. The summed E-state index contributed by atoms with van der Waals surface area (Å²) in [5.41, 5.74) is 7.94. The minimum absolute atomic E-state index is 0.0282. The first-order valence-corrected chi connectivity index (χ1v) is 34.2. The molecule has 3 aliphatic heterocycles. The van der Waals surface area contributed by atoms with Gasteiger partial charge < -0.3 is 46.1 Å². The summed E-state index contributed by atoms with van der Waals surface area (Å²) in [6.45, 7) is 17.5. The molecule has 6 amide bonds. The van der Waals surface area contributed by atoms with Crippen LogP contribution >= 0.6 is 34.8 Å². The fourth-order valence-electron chi connectivity index (χ4n) is 12.4. The van der Waals surface area contributed by atoms with Crippen molar-refractivity contribution in [3.8, 4) is 17.5 Å². The summed E-state index contributed by atoms with van der Waals surface area (Å²) in [6.07, 6.45) is 4.20. The van der Waals surface area contributed by atoms with Gasteiger partial charge in [-0.3, -0.25) is 56.9 Å². The van der Waals surface area contributed by atoms with E-state index >= 15 is 0 Å². The molecule has 0 spiro atoms. The molecule has 0 saturated carbocycles. The second-order valence-electron chi connectivity index (χ2n) is 28.2. The standard InChI is InChI=1S/C26H25ClN6O4.C24H25ClN6O4.C24H22ClN5O3/c1-15-30-22(31-37-15)18-8-17-9-20(24(35)29-10-16-4-6-19(27)7-5-16)25(36)33(23(17)28-11-18)12-21(34)32-13-26(2,3)14-32;1-24(2)12-30(13-24)19(32)11-31-21-15(7-16(10-27-21)20(26)29-35)8-18(23(31)34)22(33)28-9-14-3-5-17(25)6-4-14;1-24(2)13-29(14-24)20(31)12-30-21-17(7-16(9-26)11-27-21)8-19(23(30)33)22(32)28-10-15-3-5-18(25)6-4-15/h4-9,11H,10,12-14H2,1-3H3,(H,29,35);3-8,10,35H,9,11-13H2,1-2H3,(H2,26,29)(H,28,33);3-8,11H,10,12-14H2,1-2H3,(H,28,32). The molecule has 10 heterocycles. The number of nitrogens with one attached hydrogen (secondary N) is 3. The van der Waals surface area contributed by atoms with Gasteiger partial charge in [0.15, 0.2) is 5.84 Å². The lowest BCUT2D eigenvalue weighted by Gasteiger charge is -2.45. The number of amides is 6. The van der Waals surface area contributed by atoms with Crippen LogP contribution in [0.25, 0.3) is 44.5 Å². The molecule has 0 bridgehead atoms. The highest BCUT2D eigenvalue weighted by Gasteiger charge is 2.40. The van der Waals surface area contributed by atoms with Gasteiger partial charge in [0.05, 0.1) is 5.56 Å². The van der Waals surface area contributed by atoms with Gasteiger partial charge in [-0.2, -0.15) is 10.2 Å². The number of nitrogens with zero attached hydrogens (tertiary/aromatic N) is 13. The van der Waals surface area contributed by atoms with Crippen LogP contribution in [0.2, 0.25) is 15.1 Å². The number of hydrogen-bond donors (Lipinski definition) is 5. The molecular weight excluding hydrogens is 1410 g/mol. The Morgan fingerprint density at radius 1 is 0.533 bits per heavy atom. The van der Waals surface area contributed by atoms with E-state index in [0.717, 1.165) is 16.7 Å². The van der Waals surface area contributed by atoms with Crippen molar-refractivity contribution in [2.24, 2.45) is 27.1 Å². The van der Waals surface area contributed by atoms with Crippen LogP contribution in [0.1, 0.15) is 106 Å². The topological polar surface area (TPSA) is 374 Å². The summed E-state index contributed by atoms with van der Waals surface area (Å²) in [4.78, 5) is 140. The third kappa shape index (κ3) is 17.5. The number of aryl methyl sites for hydroxylation is 1. The molecule has 0 atom stereocenters. The Morgan fingerprint density at radius 3 is 1.21 bits per heavy atom. The molecule has 0 unspecified atom stereocenters. The van der Waals surface area contributed by atoms with Crippen molar-refractivity contribution in [1.82, 2.24) is 69.4 Å². The zero-order valence-electron chi connectivity index (χ0n) is 58.2. The summed E-state index contributed by atoms with van der Waals surface area (Å²) in [5, 5.41) is 36.4. The molecule has 3 aromatic carbocycles. The van der Waals surface area contributed by atoms with Crippen molar-refractivity contribution >= 4 is 109 Å². The van der Waals surface area contributed by atoms with E-state index in [1.54, 1.807) is 113 Å². The van der Waals surface area contributed by atoms with Gasteiger partial charge in [-0.25, -0.2) is 15.0 Å². The second-order valence-corrected chi connectivity index (χ2v) is 29.5. The van der Waals surface area contributed by atoms with Crippen LogP contribution in [0.3, 0.4) is 0 Å². The van der Waals surface area contributed by atoms with Gasteiger partial charge in [0.2, 0.25) is 29.4 Å². The minimum atomic E-state index is -0.636. The number of amidine groups is 1. The number of fused-ring (bicyclic) bond motifs is 3. The Balaban J connectivity index is 0.000000158. The second kappa shape index (κ2) is 30.7. The predicted octanol–water partition coefficient (Wildman–Crippen LogP) is 7.87. The average Bonchev–Trinajstić information content (AvgIpc) is 0.891. The first kappa shape index (κ1) is 74.5. The number of halogens is 3. The summed E-state index contributed by atoms with van der Waals surface area (Å²) >= 11 is 17.7. The van der Waals surface area contributed by atoms with Crippen molar-refractivity contribution in [2.45, 2.75) is 87.7 Å². The molecule has 0 aliphatic carbocycles. The van der Waals surface area contributed by atoms with Gasteiger partial charge in [0.1, 0.15) is 59.3 Å². The smallest absolute Gasteiger partial charge is 0.265 e. The molecule has 13 rings (SSSR count). The molecule has 0 radical (unpaired) electrons. The van der Waals surface area contributed by atoms with Gasteiger partial charge in [0, 0.05) is 127 Å². The predicted molar refractivity (Wildman–Crippen MR) is 392 cm³/mol. The van der Waals surface area contributed by atoms with E-state index in [1.807, 2.05) is 6.07 Å². The average molecular weight is 1480 g/mol. The van der Waals surface area contributed by atoms with Crippen LogP contribution in [0.5, 0.6) is 0 Å². The number of nitrogens with two attached hydrogens (primary N) is 1. The van der Waals surface area contributed by atoms with E-state index in [-0.39, 0.29) is 118 Å². The molecule has 540 valence electrons. The monoisotopic (exact) mass is 1480 g/mol. The molecule has 10 aromatic rings. The fraction of sp³-hybridized carbons (Fsp3) is 0.297. The number of oxime groups is 1. The normalized spacial score (nSPS) is 14.6. The summed E-state index contributed by atoms with van der Waals surface area (Å²) in [7, 11) is 0. The Labute approximate surface area is 615 Å². The van der Waals surface area contributed by atoms with E-state index in [2.05, 4.69) is 87.7 Å². The largest absolute Gasteiger partial charge is 0.409 e. The summed E-state index contributed by atoms with van der Waals surface area (Å²) in [6, 6.07) is 32.0. The molecule has 28 nitrogen and oxygen atoms in total. The van der Waals surface area contributed by atoms with Crippen LogP contribution in [0.15, 0.2) is 152 Å². The first-order valence-electron chi connectivity index (χ1n) is 33.0. The lowest BCUT2D eigenvalue weighted by Crippen LogP contribution is -2.56. The number of pyridine rings is 6. The number of benzene rings is 3. The zero-order chi connectivity index (χ0) is 75.4. The number of rotatable bonds is 17. The van der Waals surface area contributed by atoms with Crippen LogP contribution in [0.4, 0.5) is 0 Å². The number of hydrogen-bond acceptors (Lipinski definition) is 18. The van der Waals surface area contributed by atoms with Crippen molar-refractivity contribution < 1.29 is 38.5 Å². The van der Waals surface area contributed by atoms with E-state index in [1.165, 1.54) is 50.5 Å². The molecule has 31 heteroatoms. The number of nitriles is 1. The maximum atomic E-state index is 13.5. The van der Waals surface area contributed by atoms with E-state index in [9.17, 15) is 48.4 Å². The van der Waals surface area contributed by atoms with Crippen LogP contribution in [-0.2, 0) is 53.7 Å². The Hall–Kier alpha value is -11.7. The van der Waals surface area contributed by atoms with Gasteiger partial charge in [-0.05, 0) is 106 Å². The molecule has 6 N–H and O–H groups in total. The van der Waals surface area contributed by atoms with Crippen LogP contribution in [0, 0.1) is 34.5 Å². The fourth-order valence-corrected chi connectivity index (χ4v) is 12.7. The highest BCUT2D eigenvalue weighted by molar-refractivity contribution is 6.31. The molecule has 105 heavy (non-hydrogen) atoms. The maximum absolute atomic E-state index is 13.5. The maximum Gasteiger partial charge on any atom is 0.265 e. The van der Waals surface area contributed by atoms with Crippen LogP contribution in [-0.4, -0.2) is 139 Å². The van der Waals surface area contributed by atoms with Crippen molar-refractivity contribution in [3.05, 3.63) is 224 Å². The zero-order valence-corrected chi connectivity index (χ0v) is 60.4. The Kier molecular flexibility index (Phi) is 21.8. The van der Waals surface area contributed by atoms with Gasteiger partial charge in [-0.15, -0.1) is 0 Å². The quantitative estimate of drug-likeness (QED) is 0.0250. The highest BCUT2D eigenvalue weighted by atomic mass is 35.5. The van der Waals surface area contributed by atoms with E-state index in [0.29, 0.717) is 93.3 Å². The summed E-state index contributed by atoms with van der Waals surface area (Å²) in [5.74, 6) is -1.86. The molecular formula is C74H72Cl3N17O11. The number of aromatic nitrogens is 8. The van der Waals surface area contributed by atoms with Gasteiger partial charge >= 0.3 is 0 Å². The van der Waals surface area contributed by atoms with E-state index in [4.69, 9.17) is 50.3 Å². The summed E-state index contributed by atoms with van der Waals surface area (Å²) < 4.78 is 8.72. The third-order valence-corrected chi connectivity index (χ3v) is 18.3. The minimum Gasteiger partial charge on any atom is -0.409 e. The number of likely N-dealkylation sites (tertiary alicyclic amines) is 3. The highest BCUT2D eigenvalue weighted by Crippen LogP contribution is 2.32.